The van der Waals surface area contributed by atoms with E-state index >= 15 is 0 Å². The SMILES string of the molecule is CC(C)CNc1oc(-c2ccccc2Cl)nc1S(=O)(=O)c1ccc(F)cc1. The fourth-order valence-corrected chi connectivity index (χ4v) is 3.87. The van der Waals surface area contributed by atoms with E-state index in [-0.39, 0.29) is 27.6 Å². The number of halogens is 2. The van der Waals surface area contributed by atoms with E-state index < -0.39 is 15.7 Å². The Morgan fingerprint density at radius 3 is 2.44 bits per heavy atom. The average Bonchev–Trinajstić information content (AvgIpc) is 3.05. The molecular weight excluding hydrogens is 391 g/mol. The number of sulfone groups is 1. The second-order valence-corrected chi connectivity index (χ2v) is 8.64. The fourth-order valence-electron chi connectivity index (χ4n) is 2.37. The molecule has 27 heavy (non-hydrogen) atoms. The lowest BCUT2D eigenvalue weighted by Crippen LogP contribution is -2.11. The van der Waals surface area contributed by atoms with Gasteiger partial charge in [-0.1, -0.05) is 37.6 Å². The van der Waals surface area contributed by atoms with Crippen molar-refractivity contribution in [3.05, 3.63) is 59.4 Å². The summed E-state index contributed by atoms with van der Waals surface area (Å²) in [5.41, 5.74) is 0.479. The van der Waals surface area contributed by atoms with Gasteiger partial charge >= 0.3 is 0 Å². The highest BCUT2D eigenvalue weighted by molar-refractivity contribution is 7.91. The van der Waals surface area contributed by atoms with E-state index in [1.54, 1.807) is 24.3 Å². The third kappa shape index (κ3) is 4.14. The van der Waals surface area contributed by atoms with Crippen molar-refractivity contribution in [1.29, 1.82) is 0 Å². The molecule has 3 aromatic rings. The lowest BCUT2D eigenvalue weighted by Gasteiger charge is -2.08. The zero-order valence-corrected chi connectivity index (χ0v) is 16.3. The van der Waals surface area contributed by atoms with Crippen molar-refractivity contribution in [3.63, 3.8) is 0 Å². The summed E-state index contributed by atoms with van der Waals surface area (Å²) in [7, 11) is -4.01. The van der Waals surface area contributed by atoms with E-state index in [4.69, 9.17) is 16.0 Å². The third-order valence-corrected chi connectivity index (χ3v) is 5.76. The Morgan fingerprint density at radius 2 is 1.81 bits per heavy atom. The van der Waals surface area contributed by atoms with Gasteiger partial charge in [-0.05, 0) is 42.3 Å². The predicted octanol–water partition coefficient (Wildman–Crippen LogP) is 5.03. The van der Waals surface area contributed by atoms with Gasteiger partial charge in [-0.15, -0.1) is 0 Å². The van der Waals surface area contributed by atoms with Crippen molar-refractivity contribution in [3.8, 4) is 11.5 Å². The van der Waals surface area contributed by atoms with Gasteiger partial charge in [0.2, 0.25) is 26.6 Å². The Labute approximate surface area is 162 Å². The molecule has 0 saturated heterocycles. The van der Waals surface area contributed by atoms with Gasteiger partial charge < -0.3 is 9.73 Å². The van der Waals surface area contributed by atoms with Gasteiger partial charge in [-0.3, -0.25) is 0 Å². The third-order valence-electron chi connectivity index (χ3n) is 3.75. The normalized spacial score (nSPS) is 11.7. The van der Waals surface area contributed by atoms with Gasteiger partial charge in [-0.2, -0.15) is 4.98 Å². The number of hydrogen-bond acceptors (Lipinski definition) is 5. The van der Waals surface area contributed by atoms with Crippen LogP contribution >= 0.6 is 11.6 Å². The van der Waals surface area contributed by atoms with Gasteiger partial charge in [-0.25, -0.2) is 12.8 Å². The first-order valence-electron chi connectivity index (χ1n) is 8.29. The van der Waals surface area contributed by atoms with Crippen LogP contribution in [-0.4, -0.2) is 19.9 Å². The lowest BCUT2D eigenvalue weighted by atomic mass is 10.2. The molecule has 0 spiro atoms. The standard InChI is InChI=1S/C19H18ClFN2O3S/c1-12(2)11-22-18-19(27(24,25)14-9-7-13(21)8-10-14)23-17(26-18)15-5-3-4-6-16(15)20/h3-10,12,22H,11H2,1-2H3. The first-order chi connectivity index (χ1) is 12.8. The smallest absolute Gasteiger partial charge is 0.233 e. The molecule has 0 fully saturated rings. The van der Waals surface area contributed by atoms with Gasteiger partial charge in [0.1, 0.15) is 5.82 Å². The predicted molar refractivity (Wildman–Crippen MR) is 102 cm³/mol. The van der Waals surface area contributed by atoms with Crippen molar-refractivity contribution in [2.45, 2.75) is 23.8 Å². The average molecular weight is 409 g/mol. The van der Waals surface area contributed by atoms with Gasteiger partial charge in [0, 0.05) is 6.54 Å². The number of nitrogens with one attached hydrogen (secondary N) is 1. The summed E-state index contributed by atoms with van der Waals surface area (Å²) in [5.74, 6) is -0.153. The van der Waals surface area contributed by atoms with Gasteiger partial charge in [0.25, 0.3) is 0 Å². The maximum atomic E-state index is 13.2. The van der Waals surface area contributed by atoms with Crippen molar-refractivity contribution in [1.82, 2.24) is 4.98 Å². The minimum Gasteiger partial charge on any atom is -0.419 e. The first-order valence-corrected chi connectivity index (χ1v) is 10.2. The number of oxazole rings is 1. The minimum atomic E-state index is -4.01. The summed E-state index contributed by atoms with van der Waals surface area (Å²) >= 11 is 6.19. The summed E-state index contributed by atoms with van der Waals surface area (Å²) in [6.07, 6.45) is 0. The highest BCUT2D eigenvalue weighted by Crippen LogP contribution is 2.35. The quantitative estimate of drug-likeness (QED) is 0.579. The number of nitrogens with zero attached hydrogens (tertiary/aromatic N) is 1. The molecule has 3 rings (SSSR count). The molecule has 2 aromatic carbocycles. The number of hydrogen-bond donors (Lipinski definition) is 1. The summed E-state index contributed by atoms with van der Waals surface area (Å²) < 4.78 is 44.9. The lowest BCUT2D eigenvalue weighted by molar-refractivity contribution is 0.567. The van der Waals surface area contributed by atoms with Crippen LogP contribution in [0, 0.1) is 11.7 Å². The summed E-state index contributed by atoms with van der Waals surface area (Å²) in [6, 6.07) is 11.4. The molecular formula is C19H18ClFN2O3S. The Morgan fingerprint density at radius 1 is 1.15 bits per heavy atom. The van der Waals surface area contributed by atoms with E-state index in [0.717, 1.165) is 12.1 Å². The Hall–Kier alpha value is -2.38. The Kier molecular flexibility index (Phi) is 5.53. The topological polar surface area (TPSA) is 72.2 Å². The summed E-state index contributed by atoms with van der Waals surface area (Å²) in [6.45, 7) is 4.45. The van der Waals surface area contributed by atoms with Gasteiger partial charge in [0.05, 0.1) is 15.5 Å². The molecule has 0 aliphatic rings. The number of rotatable bonds is 6. The van der Waals surface area contributed by atoms with Crippen molar-refractivity contribution < 1.29 is 17.2 Å². The molecule has 142 valence electrons. The highest BCUT2D eigenvalue weighted by Gasteiger charge is 2.29. The van der Waals surface area contributed by atoms with Crippen LogP contribution in [-0.2, 0) is 9.84 Å². The van der Waals surface area contributed by atoms with Crippen molar-refractivity contribution >= 4 is 27.3 Å². The van der Waals surface area contributed by atoms with Gasteiger partial charge in [0.15, 0.2) is 0 Å². The van der Waals surface area contributed by atoms with Crippen LogP contribution in [0.15, 0.2) is 62.9 Å². The van der Waals surface area contributed by atoms with E-state index in [0.29, 0.717) is 17.1 Å². The first kappa shape index (κ1) is 19.4. The maximum Gasteiger partial charge on any atom is 0.233 e. The molecule has 0 saturated carbocycles. The molecule has 1 aromatic heterocycles. The van der Waals surface area contributed by atoms with Crippen molar-refractivity contribution in [2.24, 2.45) is 5.92 Å². The fraction of sp³-hybridized carbons (Fsp3) is 0.211. The molecule has 0 aliphatic carbocycles. The minimum absolute atomic E-state index is 0.0305. The molecule has 0 atom stereocenters. The van der Waals surface area contributed by atoms with E-state index in [1.807, 2.05) is 13.8 Å². The molecule has 0 radical (unpaired) electrons. The zero-order chi connectivity index (χ0) is 19.6. The van der Waals surface area contributed by atoms with Crippen LogP contribution in [0.5, 0.6) is 0 Å². The van der Waals surface area contributed by atoms with Crippen LogP contribution in [0.25, 0.3) is 11.5 Å². The van der Waals surface area contributed by atoms with Crippen LogP contribution in [0.2, 0.25) is 5.02 Å². The molecule has 8 heteroatoms. The molecule has 5 nitrogen and oxygen atoms in total. The molecule has 0 amide bonds. The zero-order valence-electron chi connectivity index (χ0n) is 14.7. The largest absolute Gasteiger partial charge is 0.419 e. The van der Waals surface area contributed by atoms with E-state index in [9.17, 15) is 12.8 Å². The summed E-state index contributed by atoms with van der Waals surface area (Å²) in [4.78, 5) is 4.12. The second kappa shape index (κ2) is 7.70. The van der Waals surface area contributed by atoms with Crippen LogP contribution in [0.1, 0.15) is 13.8 Å². The Bertz CT molecular complexity index is 1050. The molecule has 0 aliphatic heterocycles. The second-order valence-electron chi connectivity index (χ2n) is 6.37. The van der Waals surface area contributed by atoms with E-state index in [2.05, 4.69) is 10.3 Å². The van der Waals surface area contributed by atoms with Crippen LogP contribution < -0.4 is 5.32 Å². The highest BCUT2D eigenvalue weighted by atomic mass is 35.5. The number of anilines is 1. The molecule has 0 bridgehead atoms. The summed E-state index contributed by atoms with van der Waals surface area (Å²) in [5, 5.41) is 3.11. The molecule has 1 N–H and O–H groups in total. The Balaban J connectivity index is 2.12. The van der Waals surface area contributed by atoms with Crippen LogP contribution in [0.4, 0.5) is 10.3 Å². The number of aromatic nitrogens is 1. The number of benzene rings is 2. The van der Waals surface area contributed by atoms with Crippen molar-refractivity contribution in [2.75, 3.05) is 11.9 Å². The monoisotopic (exact) mass is 408 g/mol. The van der Waals surface area contributed by atoms with E-state index in [1.165, 1.54) is 12.1 Å². The van der Waals surface area contributed by atoms with Crippen LogP contribution in [0.3, 0.4) is 0 Å². The molecule has 0 unspecified atom stereocenters. The molecule has 1 heterocycles. The maximum absolute atomic E-state index is 13.2.